The number of halogens is 3. The number of rotatable bonds is 8. The molecule has 126 valence electrons. The van der Waals surface area contributed by atoms with E-state index in [1.807, 2.05) is 6.92 Å². The van der Waals surface area contributed by atoms with E-state index in [0.29, 0.717) is 19.0 Å². The lowest BCUT2D eigenvalue weighted by Crippen LogP contribution is -2.40. The van der Waals surface area contributed by atoms with Crippen molar-refractivity contribution in [3.63, 3.8) is 0 Å². The molecular weight excluding hydrogens is 391 g/mol. The smallest absolute Gasteiger partial charge is 0.255 e. The van der Waals surface area contributed by atoms with Crippen molar-refractivity contribution in [1.82, 2.24) is 10.6 Å². The van der Waals surface area contributed by atoms with Crippen molar-refractivity contribution in [1.29, 1.82) is 0 Å². The first-order chi connectivity index (χ1) is 9.62. The van der Waals surface area contributed by atoms with Crippen LogP contribution >= 0.6 is 24.0 Å². The highest BCUT2D eigenvalue weighted by Crippen LogP contribution is 2.41. The first kappa shape index (κ1) is 20.8. The fraction of sp³-hybridized carbons (Fsp3) is 0.929. The predicted molar refractivity (Wildman–Crippen MR) is 92.8 cm³/mol. The second kappa shape index (κ2) is 11.4. The fourth-order valence-corrected chi connectivity index (χ4v) is 2.69. The van der Waals surface area contributed by atoms with Gasteiger partial charge in [0.2, 0.25) is 0 Å². The van der Waals surface area contributed by atoms with E-state index in [1.165, 1.54) is 12.8 Å². The number of alkyl halides is 2. The van der Waals surface area contributed by atoms with Gasteiger partial charge in [0.05, 0.1) is 6.54 Å². The Bertz CT molecular complexity index is 298. The number of hydrogen-bond donors (Lipinski definition) is 2. The van der Waals surface area contributed by atoms with E-state index in [-0.39, 0.29) is 35.9 Å². The van der Waals surface area contributed by atoms with Gasteiger partial charge in [-0.25, -0.2) is 8.78 Å². The van der Waals surface area contributed by atoms with Crippen LogP contribution in [0.5, 0.6) is 0 Å². The monoisotopic (exact) mass is 419 g/mol. The minimum atomic E-state index is -2.37. The van der Waals surface area contributed by atoms with Crippen molar-refractivity contribution in [3.05, 3.63) is 0 Å². The summed E-state index contributed by atoms with van der Waals surface area (Å²) in [6, 6.07) is 0. The van der Waals surface area contributed by atoms with Crippen LogP contribution < -0.4 is 10.6 Å². The van der Waals surface area contributed by atoms with Crippen LogP contribution in [0.1, 0.15) is 39.0 Å². The lowest BCUT2D eigenvalue weighted by molar-refractivity contribution is 0.141. The van der Waals surface area contributed by atoms with Gasteiger partial charge >= 0.3 is 0 Å². The normalized spacial score (nSPS) is 17.7. The maximum atomic E-state index is 12.3. The standard InChI is InChI=1S/C14H27F2N3O.HI/c1-3-17-13(18-10-12(15)16)19-11-14(8-9-20-2)6-4-5-7-14;/h12H,3-11H2,1-2H3,(H2,17,18,19);1H. The largest absolute Gasteiger partial charge is 0.385 e. The van der Waals surface area contributed by atoms with Crippen LogP contribution in [-0.4, -0.2) is 45.7 Å². The van der Waals surface area contributed by atoms with E-state index in [1.54, 1.807) is 7.11 Å². The van der Waals surface area contributed by atoms with Crippen LogP contribution in [-0.2, 0) is 4.74 Å². The molecule has 0 radical (unpaired) electrons. The second-order valence-electron chi connectivity index (χ2n) is 5.42. The van der Waals surface area contributed by atoms with Gasteiger partial charge in [0, 0.05) is 26.8 Å². The topological polar surface area (TPSA) is 45.7 Å². The molecule has 0 aromatic rings. The third-order valence-corrected chi connectivity index (χ3v) is 3.84. The Hall–Kier alpha value is -0.180. The summed E-state index contributed by atoms with van der Waals surface area (Å²) in [5.74, 6) is 0.483. The molecular formula is C14H28F2IN3O. The van der Waals surface area contributed by atoms with Gasteiger partial charge < -0.3 is 15.4 Å². The van der Waals surface area contributed by atoms with Crippen LogP contribution in [0.4, 0.5) is 8.78 Å². The highest BCUT2D eigenvalue weighted by atomic mass is 127. The van der Waals surface area contributed by atoms with Gasteiger partial charge in [-0.15, -0.1) is 24.0 Å². The zero-order valence-corrected chi connectivity index (χ0v) is 15.3. The number of ether oxygens (including phenoxy) is 1. The molecule has 0 aliphatic heterocycles. The first-order valence-corrected chi connectivity index (χ1v) is 7.41. The second-order valence-corrected chi connectivity index (χ2v) is 5.42. The van der Waals surface area contributed by atoms with E-state index < -0.39 is 6.43 Å². The van der Waals surface area contributed by atoms with Crippen LogP contribution in [0, 0.1) is 5.41 Å². The Balaban J connectivity index is 0.00000400. The molecule has 0 saturated heterocycles. The van der Waals surface area contributed by atoms with E-state index in [2.05, 4.69) is 15.6 Å². The van der Waals surface area contributed by atoms with Gasteiger partial charge in [-0.05, 0) is 31.6 Å². The molecule has 2 N–H and O–H groups in total. The van der Waals surface area contributed by atoms with E-state index in [4.69, 9.17) is 4.74 Å². The van der Waals surface area contributed by atoms with Crippen LogP contribution in [0.15, 0.2) is 4.99 Å². The van der Waals surface area contributed by atoms with E-state index in [9.17, 15) is 8.78 Å². The highest BCUT2D eigenvalue weighted by molar-refractivity contribution is 14.0. The van der Waals surface area contributed by atoms with Crippen LogP contribution in [0.2, 0.25) is 0 Å². The molecule has 0 heterocycles. The fourth-order valence-electron chi connectivity index (χ4n) is 2.69. The highest BCUT2D eigenvalue weighted by Gasteiger charge is 2.33. The summed E-state index contributed by atoms with van der Waals surface area (Å²) in [5.41, 5.74) is 0.184. The molecule has 0 atom stereocenters. The Morgan fingerprint density at radius 1 is 1.29 bits per heavy atom. The summed E-state index contributed by atoms with van der Waals surface area (Å²) in [6.45, 7) is 3.64. The Morgan fingerprint density at radius 3 is 2.48 bits per heavy atom. The molecule has 1 fully saturated rings. The van der Waals surface area contributed by atoms with Crippen molar-refractivity contribution in [2.24, 2.45) is 10.4 Å². The van der Waals surface area contributed by atoms with E-state index >= 15 is 0 Å². The number of hydrogen-bond acceptors (Lipinski definition) is 2. The van der Waals surface area contributed by atoms with Gasteiger partial charge in [0.15, 0.2) is 5.96 Å². The number of methoxy groups -OCH3 is 1. The molecule has 0 bridgehead atoms. The van der Waals surface area contributed by atoms with Crippen molar-refractivity contribution in [2.75, 3.05) is 33.4 Å². The lowest BCUT2D eigenvalue weighted by atomic mass is 9.83. The summed E-state index contributed by atoms with van der Waals surface area (Å²) in [5, 5.41) is 5.68. The molecule has 1 aliphatic rings. The van der Waals surface area contributed by atoms with E-state index in [0.717, 1.165) is 25.9 Å². The van der Waals surface area contributed by atoms with Gasteiger partial charge in [0.1, 0.15) is 0 Å². The summed E-state index contributed by atoms with van der Waals surface area (Å²) in [7, 11) is 1.71. The molecule has 0 spiro atoms. The van der Waals surface area contributed by atoms with Gasteiger partial charge in [-0.1, -0.05) is 12.8 Å². The van der Waals surface area contributed by atoms with Crippen molar-refractivity contribution < 1.29 is 13.5 Å². The van der Waals surface area contributed by atoms with Gasteiger partial charge in [-0.3, -0.25) is 4.99 Å². The van der Waals surface area contributed by atoms with Crippen molar-refractivity contribution in [3.8, 4) is 0 Å². The Kier molecular flexibility index (Phi) is 11.3. The van der Waals surface area contributed by atoms with Crippen molar-refractivity contribution >= 4 is 29.9 Å². The summed E-state index contributed by atoms with van der Waals surface area (Å²) < 4.78 is 29.7. The summed E-state index contributed by atoms with van der Waals surface area (Å²) in [6.07, 6.45) is 3.36. The molecule has 0 amide bonds. The minimum Gasteiger partial charge on any atom is -0.385 e. The number of nitrogens with zero attached hydrogens (tertiary/aromatic N) is 1. The zero-order chi connectivity index (χ0) is 14.8. The zero-order valence-electron chi connectivity index (χ0n) is 13.0. The Morgan fingerprint density at radius 2 is 1.95 bits per heavy atom. The lowest BCUT2D eigenvalue weighted by Gasteiger charge is -2.27. The van der Waals surface area contributed by atoms with Crippen LogP contribution in [0.25, 0.3) is 0 Å². The quantitative estimate of drug-likeness (QED) is 0.361. The number of nitrogens with one attached hydrogen (secondary N) is 2. The average molecular weight is 419 g/mol. The Labute approximate surface area is 143 Å². The maximum Gasteiger partial charge on any atom is 0.255 e. The van der Waals surface area contributed by atoms with Crippen molar-refractivity contribution in [2.45, 2.75) is 45.5 Å². The number of guanidine groups is 1. The minimum absolute atomic E-state index is 0. The molecule has 0 aromatic heterocycles. The molecule has 0 aromatic carbocycles. The maximum absolute atomic E-state index is 12.3. The molecule has 4 nitrogen and oxygen atoms in total. The summed E-state index contributed by atoms with van der Waals surface area (Å²) >= 11 is 0. The number of aliphatic imine (C=N–C) groups is 1. The molecule has 1 rings (SSSR count). The molecule has 1 saturated carbocycles. The average Bonchev–Trinajstić information content (AvgIpc) is 2.89. The molecule has 1 aliphatic carbocycles. The third kappa shape index (κ3) is 8.13. The molecule has 21 heavy (non-hydrogen) atoms. The molecule has 0 unspecified atom stereocenters. The van der Waals surface area contributed by atoms with Gasteiger partial charge in [0.25, 0.3) is 6.43 Å². The van der Waals surface area contributed by atoms with Gasteiger partial charge in [-0.2, -0.15) is 0 Å². The third-order valence-electron chi connectivity index (χ3n) is 3.84. The van der Waals surface area contributed by atoms with Crippen LogP contribution in [0.3, 0.4) is 0 Å². The molecule has 7 heteroatoms. The summed E-state index contributed by atoms with van der Waals surface area (Å²) in [4.78, 5) is 4.50. The first-order valence-electron chi connectivity index (χ1n) is 7.41. The predicted octanol–water partition coefficient (Wildman–Crippen LogP) is 3.02. The SMILES string of the molecule is CCNC(=NCC1(CCOC)CCCC1)NCC(F)F.I.